The standard InChI is InChI=1S/C31H40FN6O7P/c1-18(28(40)42-16-30(3,4)5)37-46(41,45-22-14-10-12-20-11-8-9-13-21(20)22)43-15-23-25(39)31(6,32)29(44-23)38-17-34-24-26(33-7)35-19(2)36-27(24)38/h8-14,17-18,23,25,29,39H,15-16H2,1-7H3,(H,37,41)(H,33,35,36)/t18-,23+,25+,29+,31+,46+/m0/s1. The maximum absolute atomic E-state index is 16.2. The largest absolute Gasteiger partial charge is 0.464 e. The van der Waals surface area contributed by atoms with E-state index in [1.165, 1.54) is 24.7 Å². The Hall–Kier alpha value is -3.68. The number of carbonyl (C=O) groups is 1. The van der Waals surface area contributed by atoms with Gasteiger partial charge in [0, 0.05) is 12.4 Å². The third-order valence-electron chi connectivity index (χ3n) is 7.47. The Morgan fingerprint density at radius 3 is 2.65 bits per heavy atom. The number of aryl methyl sites for hydroxylation is 1. The lowest BCUT2D eigenvalue weighted by Gasteiger charge is -2.26. The van der Waals surface area contributed by atoms with Gasteiger partial charge in [0.15, 0.2) is 28.9 Å². The molecule has 1 fully saturated rings. The van der Waals surface area contributed by atoms with Gasteiger partial charge in [0.1, 0.15) is 29.8 Å². The summed E-state index contributed by atoms with van der Waals surface area (Å²) in [6, 6.07) is 11.4. The van der Waals surface area contributed by atoms with Gasteiger partial charge in [-0.2, -0.15) is 5.09 Å². The highest BCUT2D eigenvalue weighted by Gasteiger charge is 2.56. The van der Waals surface area contributed by atoms with Gasteiger partial charge in [-0.1, -0.05) is 57.2 Å². The number of esters is 1. The van der Waals surface area contributed by atoms with Crippen LogP contribution in [-0.2, 0) is 23.4 Å². The van der Waals surface area contributed by atoms with E-state index in [0.29, 0.717) is 28.2 Å². The molecule has 0 spiro atoms. The van der Waals surface area contributed by atoms with Gasteiger partial charge in [0.05, 0.1) is 19.5 Å². The van der Waals surface area contributed by atoms with Gasteiger partial charge in [-0.15, -0.1) is 0 Å². The molecule has 2 aromatic carbocycles. The van der Waals surface area contributed by atoms with E-state index in [1.54, 1.807) is 38.2 Å². The maximum atomic E-state index is 16.2. The van der Waals surface area contributed by atoms with Crippen LogP contribution in [-0.4, -0.2) is 74.8 Å². The number of hydrogen-bond acceptors (Lipinski definition) is 11. The van der Waals surface area contributed by atoms with Gasteiger partial charge in [0.2, 0.25) is 0 Å². The second-order valence-electron chi connectivity index (χ2n) is 12.7. The highest BCUT2D eigenvalue weighted by molar-refractivity contribution is 7.52. The molecule has 0 bridgehead atoms. The number of anilines is 1. The fourth-order valence-electron chi connectivity index (χ4n) is 5.09. The second kappa shape index (κ2) is 12.8. The number of halogens is 1. The Balaban J connectivity index is 1.40. The molecule has 0 radical (unpaired) electrons. The van der Waals surface area contributed by atoms with Gasteiger partial charge in [-0.05, 0) is 37.6 Å². The van der Waals surface area contributed by atoms with E-state index in [2.05, 4.69) is 25.4 Å². The quantitative estimate of drug-likeness (QED) is 0.145. The zero-order valence-corrected chi connectivity index (χ0v) is 27.7. The average Bonchev–Trinajstić information content (AvgIpc) is 3.51. The van der Waals surface area contributed by atoms with E-state index in [9.17, 15) is 14.5 Å². The van der Waals surface area contributed by atoms with Crippen LogP contribution >= 0.6 is 7.75 Å². The Labute approximate surface area is 266 Å². The van der Waals surface area contributed by atoms with Crippen molar-refractivity contribution >= 4 is 41.5 Å². The van der Waals surface area contributed by atoms with Crippen molar-refractivity contribution in [2.24, 2.45) is 5.41 Å². The first-order valence-electron chi connectivity index (χ1n) is 14.9. The van der Waals surface area contributed by atoms with Crippen molar-refractivity contribution < 1.29 is 37.4 Å². The van der Waals surface area contributed by atoms with Crippen LogP contribution in [0.25, 0.3) is 21.9 Å². The summed E-state index contributed by atoms with van der Waals surface area (Å²) in [5.74, 6) is 0.433. The molecule has 46 heavy (non-hydrogen) atoms. The zero-order valence-electron chi connectivity index (χ0n) is 26.9. The molecule has 13 nitrogen and oxygen atoms in total. The number of benzene rings is 2. The molecule has 0 saturated carbocycles. The summed E-state index contributed by atoms with van der Waals surface area (Å²) >= 11 is 0. The number of hydrogen-bond donors (Lipinski definition) is 3. The number of ether oxygens (including phenoxy) is 2. The molecule has 0 amide bonds. The minimum Gasteiger partial charge on any atom is -0.464 e. The summed E-state index contributed by atoms with van der Waals surface area (Å²) in [6.07, 6.45) is -3.00. The van der Waals surface area contributed by atoms with Crippen molar-refractivity contribution in [3.8, 4) is 5.75 Å². The molecular weight excluding hydrogens is 618 g/mol. The Kier molecular flexibility index (Phi) is 9.40. The molecule has 248 valence electrons. The minimum absolute atomic E-state index is 0.134. The summed E-state index contributed by atoms with van der Waals surface area (Å²) < 4.78 is 55.1. The molecule has 0 aliphatic carbocycles. The Morgan fingerprint density at radius 2 is 1.93 bits per heavy atom. The van der Waals surface area contributed by atoms with Gasteiger partial charge < -0.3 is 24.4 Å². The number of nitrogens with one attached hydrogen (secondary N) is 2. The first-order chi connectivity index (χ1) is 21.6. The van der Waals surface area contributed by atoms with E-state index in [0.717, 1.165) is 5.39 Å². The number of aliphatic hydroxyl groups is 1. The molecule has 1 aliphatic heterocycles. The van der Waals surface area contributed by atoms with Crippen LogP contribution in [0.1, 0.15) is 46.7 Å². The maximum Gasteiger partial charge on any atom is 0.459 e. The fraction of sp³-hybridized carbons (Fsp3) is 0.484. The first-order valence-corrected chi connectivity index (χ1v) is 16.4. The molecule has 6 atom stereocenters. The Bertz CT molecular complexity index is 1770. The van der Waals surface area contributed by atoms with Crippen LogP contribution in [0.5, 0.6) is 5.75 Å². The number of nitrogens with zero attached hydrogens (tertiary/aromatic N) is 4. The number of carbonyl (C=O) groups excluding carboxylic acids is 1. The number of aliphatic hydroxyl groups excluding tert-OH is 1. The summed E-state index contributed by atoms with van der Waals surface area (Å²) in [5.41, 5.74) is -1.93. The van der Waals surface area contributed by atoms with Crippen LogP contribution in [0, 0.1) is 12.3 Å². The monoisotopic (exact) mass is 658 g/mol. The van der Waals surface area contributed by atoms with Crippen LogP contribution in [0.2, 0.25) is 0 Å². The average molecular weight is 659 g/mol. The fourth-order valence-corrected chi connectivity index (χ4v) is 6.61. The molecule has 0 unspecified atom stereocenters. The summed E-state index contributed by atoms with van der Waals surface area (Å²) in [7, 11) is -2.71. The SMILES string of the molecule is CNc1nc(C)nc2c1ncn2[C@@H]1O[C@H](CO[P@](=O)(N[C@@H](C)C(=O)OCC(C)(C)C)Oc2cccc3ccccc23)[C@@H](O)[C@@]1(C)F. The van der Waals surface area contributed by atoms with Crippen molar-refractivity contribution in [1.29, 1.82) is 0 Å². The normalized spacial score (nSPS) is 23.7. The van der Waals surface area contributed by atoms with E-state index in [-0.39, 0.29) is 17.8 Å². The van der Waals surface area contributed by atoms with E-state index >= 15 is 4.39 Å². The molecule has 3 N–H and O–H groups in total. The molecule has 4 aromatic rings. The summed E-state index contributed by atoms with van der Waals surface area (Å²) in [6.45, 7) is 9.66. The molecule has 2 aromatic heterocycles. The zero-order chi connectivity index (χ0) is 33.4. The molecule has 15 heteroatoms. The summed E-state index contributed by atoms with van der Waals surface area (Å²) in [4.78, 5) is 25.9. The number of alkyl halides is 1. The van der Waals surface area contributed by atoms with E-state index in [4.69, 9.17) is 18.5 Å². The number of rotatable bonds is 11. The first kappa shape index (κ1) is 33.7. The number of fused-ring (bicyclic) bond motifs is 2. The molecular formula is C31H40FN6O7P. The number of imidazole rings is 1. The topological polar surface area (TPSA) is 159 Å². The van der Waals surface area contributed by atoms with Gasteiger partial charge >= 0.3 is 13.7 Å². The predicted octanol–water partition coefficient (Wildman–Crippen LogP) is 5.09. The lowest BCUT2D eigenvalue weighted by Crippen LogP contribution is -2.41. The van der Waals surface area contributed by atoms with Crippen molar-refractivity contribution in [2.45, 2.75) is 71.7 Å². The Morgan fingerprint density at radius 1 is 1.22 bits per heavy atom. The summed E-state index contributed by atoms with van der Waals surface area (Å²) in [5, 5.41) is 18.1. The minimum atomic E-state index is -4.39. The van der Waals surface area contributed by atoms with Crippen molar-refractivity contribution in [3.05, 3.63) is 54.6 Å². The lowest BCUT2D eigenvalue weighted by molar-refractivity contribution is -0.148. The molecule has 1 saturated heterocycles. The number of aromatic nitrogens is 4. The van der Waals surface area contributed by atoms with E-state index in [1.807, 2.05) is 39.0 Å². The van der Waals surface area contributed by atoms with Crippen LogP contribution in [0.3, 0.4) is 0 Å². The smallest absolute Gasteiger partial charge is 0.459 e. The van der Waals surface area contributed by atoms with Crippen molar-refractivity contribution in [3.63, 3.8) is 0 Å². The predicted molar refractivity (Wildman–Crippen MR) is 170 cm³/mol. The van der Waals surface area contributed by atoms with Gasteiger partial charge in [0.25, 0.3) is 0 Å². The van der Waals surface area contributed by atoms with Crippen molar-refractivity contribution in [2.75, 3.05) is 25.6 Å². The van der Waals surface area contributed by atoms with Crippen LogP contribution < -0.4 is 14.9 Å². The van der Waals surface area contributed by atoms with Crippen LogP contribution in [0.4, 0.5) is 10.2 Å². The third-order valence-corrected chi connectivity index (χ3v) is 9.10. The van der Waals surface area contributed by atoms with Gasteiger partial charge in [-0.25, -0.2) is 23.9 Å². The highest BCUT2D eigenvalue weighted by Crippen LogP contribution is 2.49. The van der Waals surface area contributed by atoms with Gasteiger partial charge in [-0.3, -0.25) is 13.9 Å². The molecule has 3 heterocycles. The van der Waals surface area contributed by atoms with Crippen LogP contribution in [0.15, 0.2) is 48.8 Å². The van der Waals surface area contributed by atoms with Crippen molar-refractivity contribution in [1.82, 2.24) is 24.6 Å². The third kappa shape index (κ3) is 7.01. The second-order valence-corrected chi connectivity index (χ2v) is 14.4. The molecule has 1 aliphatic rings. The van der Waals surface area contributed by atoms with E-state index < -0.39 is 50.5 Å². The lowest BCUT2D eigenvalue weighted by atomic mass is 9.98. The molecule has 5 rings (SSSR count). The highest BCUT2D eigenvalue weighted by atomic mass is 31.2.